The summed E-state index contributed by atoms with van der Waals surface area (Å²) >= 11 is 0. The van der Waals surface area contributed by atoms with Crippen LogP contribution in [-0.2, 0) is 9.47 Å². The Morgan fingerprint density at radius 1 is 1.20 bits per heavy atom. The summed E-state index contributed by atoms with van der Waals surface area (Å²) in [6, 6.07) is 0. The number of epoxide rings is 1. The maximum Gasteiger partial charge on any atom is 0.0936 e. The van der Waals surface area contributed by atoms with Gasteiger partial charge in [-0.25, -0.2) is 0 Å². The van der Waals surface area contributed by atoms with Gasteiger partial charge in [0.1, 0.15) is 0 Å². The quantitative estimate of drug-likeness (QED) is 0.625. The van der Waals surface area contributed by atoms with Crippen molar-refractivity contribution in [2.24, 2.45) is 5.92 Å². The largest absolute Gasteiger partial charge is 0.381 e. The molecule has 2 aliphatic rings. The Kier molecular flexibility index (Phi) is 4.42. The van der Waals surface area contributed by atoms with Crippen LogP contribution in [-0.4, -0.2) is 50.5 Å². The Morgan fingerprint density at radius 3 is 2.53 bits per heavy atom. The molecule has 3 nitrogen and oxygen atoms in total. The van der Waals surface area contributed by atoms with Crippen LogP contribution in [0.1, 0.15) is 26.2 Å². The molecule has 2 rings (SSSR count). The van der Waals surface area contributed by atoms with Gasteiger partial charge in [0.2, 0.25) is 0 Å². The Morgan fingerprint density at radius 2 is 1.93 bits per heavy atom. The van der Waals surface area contributed by atoms with Crippen molar-refractivity contribution in [2.45, 2.75) is 32.3 Å². The van der Waals surface area contributed by atoms with Gasteiger partial charge < -0.3 is 14.4 Å². The Balaban J connectivity index is 1.70. The van der Waals surface area contributed by atoms with E-state index in [4.69, 9.17) is 9.47 Å². The van der Waals surface area contributed by atoms with Crippen LogP contribution in [0.5, 0.6) is 0 Å². The molecule has 0 aromatic rings. The molecule has 0 N–H and O–H groups in total. The second-order valence-electron chi connectivity index (χ2n) is 4.77. The highest BCUT2D eigenvalue weighted by Gasteiger charge is 2.26. The molecule has 0 saturated carbocycles. The normalized spacial score (nSPS) is 27.2. The van der Waals surface area contributed by atoms with Gasteiger partial charge in [0.05, 0.1) is 12.7 Å². The van der Waals surface area contributed by atoms with Crippen LogP contribution >= 0.6 is 0 Å². The number of hydrogen-bond donors (Lipinski definition) is 0. The molecule has 2 saturated heterocycles. The van der Waals surface area contributed by atoms with Crippen LogP contribution < -0.4 is 0 Å². The molecular formula is C12H23NO2. The van der Waals surface area contributed by atoms with Gasteiger partial charge in [0.25, 0.3) is 0 Å². The molecule has 0 aromatic carbocycles. The molecule has 0 amide bonds. The molecule has 88 valence electrons. The van der Waals surface area contributed by atoms with E-state index in [1.807, 2.05) is 0 Å². The minimum atomic E-state index is 0.538. The fourth-order valence-electron chi connectivity index (χ4n) is 2.33. The third-order valence-corrected chi connectivity index (χ3v) is 3.26. The van der Waals surface area contributed by atoms with E-state index < -0.39 is 0 Å². The molecule has 2 heterocycles. The Labute approximate surface area is 92.7 Å². The van der Waals surface area contributed by atoms with E-state index in [-0.39, 0.29) is 0 Å². The van der Waals surface area contributed by atoms with Crippen LogP contribution in [0.2, 0.25) is 0 Å². The van der Waals surface area contributed by atoms with Crippen molar-refractivity contribution in [3.05, 3.63) is 0 Å². The summed E-state index contributed by atoms with van der Waals surface area (Å²) in [5.41, 5.74) is 0. The van der Waals surface area contributed by atoms with Crippen molar-refractivity contribution in [1.82, 2.24) is 4.90 Å². The molecule has 0 spiro atoms. The lowest BCUT2D eigenvalue weighted by molar-refractivity contribution is 0.0515. The summed E-state index contributed by atoms with van der Waals surface area (Å²) < 4.78 is 10.7. The van der Waals surface area contributed by atoms with Crippen LogP contribution in [0.25, 0.3) is 0 Å². The maximum absolute atomic E-state index is 5.39. The third-order valence-electron chi connectivity index (χ3n) is 3.26. The van der Waals surface area contributed by atoms with Gasteiger partial charge in [-0.1, -0.05) is 6.92 Å². The SMILES string of the molecule is CCCN(CC1CCOCC1)CC1CO1. The number of nitrogens with zero attached hydrogens (tertiary/aromatic N) is 1. The Bertz CT molecular complexity index is 176. The maximum atomic E-state index is 5.39. The van der Waals surface area contributed by atoms with Gasteiger partial charge >= 0.3 is 0 Å². The van der Waals surface area contributed by atoms with Crippen molar-refractivity contribution in [3.8, 4) is 0 Å². The molecule has 2 aliphatic heterocycles. The molecule has 3 heteroatoms. The lowest BCUT2D eigenvalue weighted by Crippen LogP contribution is -2.35. The van der Waals surface area contributed by atoms with Crippen LogP contribution in [0.3, 0.4) is 0 Å². The molecule has 0 radical (unpaired) electrons. The van der Waals surface area contributed by atoms with Gasteiger partial charge in [-0.05, 0) is 31.7 Å². The van der Waals surface area contributed by atoms with E-state index in [0.717, 1.165) is 32.3 Å². The van der Waals surface area contributed by atoms with E-state index in [0.29, 0.717) is 6.10 Å². The molecule has 1 unspecified atom stereocenters. The zero-order valence-electron chi connectivity index (χ0n) is 9.78. The van der Waals surface area contributed by atoms with Crippen molar-refractivity contribution in [2.75, 3.05) is 39.5 Å². The smallest absolute Gasteiger partial charge is 0.0936 e. The molecule has 0 bridgehead atoms. The zero-order chi connectivity index (χ0) is 10.5. The van der Waals surface area contributed by atoms with Gasteiger partial charge in [0, 0.05) is 26.3 Å². The van der Waals surface area contributed by atoms with E-state index in [1.54, 1.807) is 0 Å². The van der Waals surface area contributed by atoms with Gasteiger partial charge in [-0.2, -0.15) is 0 Å². The minimum absolute atomic E-state index is 0.538. The highest BCUT2D eigenvalue weighted by Crippen LogP contribution is 2.18. The summed E-state index contributed by atoms with van der Waals surface area (Å²) in [4.78, 5) is 2.58. The first-order chi connectivity index (χ1) is 7.38. The second-order valence-corrected chi connectivity index (χ2v) is 4.77. The first kappa shape index (κ1) is 11.4. The van der Waals surface area contributed by atoms with E-state index in [1.165, 1.54) is 32.4 Å². The minimum Gasteiger partial charge on any atom is -0.381 e. The molecule has 0 aromatic heterocycles. The Hall–Kier alpha value is -0.120. The van der Waals surface area contributed by atoms with Crippen molar-refractivity contribution >= 4 is 0 Å². The molecule has 2 fully saturated rings. The molecule has 0 aliphatic carbocycles. The third kappa shape index (κ3) is 4.09. The van der Waals surface area contributed by atoms with Gasteiger partial charge in [-0.15, -0.1) is 0 Å². The number of rotatable bonds is 6. The summed E-state index contributed by atoms with van der Waals surface area (Å²) in [7, 11) is 0. The number of hydrogen-bond acceptors (Lipinski definition) is 3. The lowest BCUT2D eigenvalue weighted by atomic mass is 9.99. The van der Waals surface area contributed by atoms with Crippen molar-refractivity contribution < 1.29 is 9.47 Å². The van der Waals surface area contributed by atoms with E-state index in [9.17, 15) is 0 Å². The van der Waals surface area contributed by atoms with Gasteiger partial charge in [0.15, 0.2) is 0 Å². The average Bonchev–Trinajstić information content (AvgIpc) is 3.03. The van der Waals surface area contributed by atoms with Crippen LogP contribution in [0.15, 0.2) is 0 Å². The van der Waals surface area contributed by atoms with E-state index >= 15 is 0 Å². The highest BCUT2D eigenvalue weighted by atomic mass is 16.6. The predicted molar refractivity (Wildman–Crippen MR) is 60.0 cm³/mol. The monoisotopic (exact) mass is 213 g/mol. The first-order valence-electron chi connectivity index (χ1n) is 6.30. The van der Waals surface area contributed by atoms with E-state index in [2.05, 4.69) is 11.8 Å². The van der Waals surface area contributed by atoms with Crippen molar-refractivity contribution in [1.29, 1.82) is 0 Å². The predicted octanol–water partition coefficient (Wildman–Crippen LogP) is 1.52. The molecular weight excluding hydrogens is 190 g/mol. The van der Waals surface area contributed by atoms with Crippen LogP contribution in [0.4, 0.5) is 0 Å². The summed E-state index contributed by atoms with van der Waals surface area (Å²) in [6.07, 6.45) is 4.27. The van der Waals surface area contributed by atoms with Crippen LogP contribution in [0, 0.1) is 5.92 Å². The fraction of sp³-hybridized carbons (Fsp3) is 1.00. The topological polar surface area (TPSA) is 25.0 Å². The highest BCUT2D eigenvalue weighted by molar-refractivity contribution is 4.77. The second kappa shape index (κ2) is 5.83. The average molecular weight is 213 g/mol. The summed E-state index contributed by atoms with van der Waals surface area (Å²) in [5, 5.41) is 0. The summed E-state index contributed by atoms with van der Waals surface area (Å²) in [5.74, 6) is 0.851. The fourth-order valence-corrected chi connectivity index (χ4v) is 2.33. The lowest BCUT2D eigenvalue weighted by Gasteiger charge is -2.29. The molecule has 15 heavy (non-hydrogen) atoms. The molecule has 1 atom stereocenters. The zero-order valence-corrected chi connectivity index (χ0v) is 9.78. The standard InChI is InChI=1S/C12H23NO2/c1-2-5-13(9-12-10-15-12)8-11-3-6-14-7-4-11/h11-12H,2-10H2,1H3. The van der Waals surface area contributed by atoms with Crippen molar-refractivity contribution in [3.63, 3.8) is 0 Å². The van der Waals surface area contributed by atoms with Gasteiger partial charge in [-0.3, -0.25) is 0 Å². The summed E-state index contributed by atoms with van der Waals surface area (Å²) in [6.45, 7) is 8.77. The number of ether oxygens (including phenoxy) is 2. The first-order valence-corrected chi connectivity index (χ1v) is 6.30.